The lowest BCUT2D eigenvalue weighted by atomic mass is 10.4. The molecule has 1 heterocycles. The van der Waals surface area contributed by atoms with Crippen LogP contribution >= 0.6 is 0 Å². The van der Waals surface area contributed by atoms with E-state index < -0.39 is 0 Å². The third-order valence-corrected chi connectivity index (χ3v) is 0.933. The highest BCUT2D eigenvalue weighted by Crippen LogP contribution is 1.92. The summed E-state index contributed by atoms with van der Waals surface area (Å²) in [5, 5.41) is 9.92. The van der Waals surface area contributed by atoms with Crippen LogP contribution in [0.2, 0.25) is 0 Å². The zero-order chi connectivity index (χ0) is 6.69. The second kappa shape index (κ2) is 2.30. The summed E-state index contributed by atoms with van der Waals surface area (Å²) in [5.74, 6) is 4.89. The summed E-state index contributed by atoms with van der Waals surface area (Å²) in [7, 11) is 0. The summed E-state index contributed by atoms with van der Waals surface area (Å²) in [6.45, 7) is 1.92. The van der Waals surface area contributed by atoms with Crippen LogP contribution in [0, 0.1) is 6.92 Å². The second-order valence-electron chi connectivity index (χ2n) is 1.75. The van der Waals surface area contributed by atoms with E-state index in [0.29, 0.717) is 0 Å². The molecule has 0 aliphatic rings. The Morgan fingerprint density at radius 3 is 3.11 bits per heavy atom. The lowest BCUT2D eigenvalue weighted by Crippen LogP contribution is -1.85. The van der Waals surface area contributed by atoms with Gasteiger partial charge in [0.25, 0.3) is 0 Å². The molecule has 3 N–H and O–H groups in total. The van der Waals surface area contributed by atoms with Gasteiger partial charge in [0.1, 0.15) is 5.69 Å². The molecular weight excluding hydrogens is 116 g/mol. The van der Waals surface area contributed by atoms with Crippen LogP contribution in [0.25, 0.3) is 0 Å². The molecule has 0 aliphatic carbocycles. The van der Waals surface area contributed by atoms with Crippen molar-refractivity contribution in [2.75, 3.05) is 0 Å². The van der Waals surface area contributed by atoms with Crippen molar-refractivity contribution in [3.63, 3.8) is 0 Å². The minimum Gasteiger partial charge on any atom is -0.323 e. The van der Waals surface area contributed by atoms with E-state index in [1.54, 1.807) is 0 Å². The van der Waals surface area contributed by atoms with Crippen LogP contribution in [-0.2, 0) is 0 Å². The zero-order valence-corrected chi connectivity index (χ0v) is 5.13. The number of hydrogen-bond acceptors (Lipinski definition) is 3. The van der Waals surface area contributed by atoms with Crippen molar-refractivity contribution in [2.24, 2.45) is 10.9 Å². The Hall–Kier alpha value is -1.32. The fourth-order valence-electron chi connectivity index (χ4n) is 0.582. The molecule has 1 aromatic heterocycles. The molecule has 4 heteroatoms. The number of H-pyrrole nitrogens is 1. The number of aromatic amines is 1. The van der Waals surface area contributed by atoms with Crippen molar-refractivity contribution in [1.29, 1.82) is 0 Å². The van der Waals surface area contributed by atoms with Gasteiger partial charge >= 0.3 is 0 Å². The van der Waals surface area contributed by atoms with Crippen molar-refractivity contribution in [3.05, 3.63) is 17.5 Å². The summed E-state index contributed by atoms with van der Waals surface area (Å²) < 4.78 is 0. The van der Waals surface area contributed by atoms with E-state index >= 15 is 0 Å². The third-order valence-electron chi connectivity index (χ3n) is 0.933. The van der Waals surface area contributed by atoms with Gasteiger partial charge in [0.2, 0.25) is 0 Å². The quantitative estimate of drug-likeness (QED) is 0.314. The molecule has 0 amide bonds. The SMILES string of the molecule is Cc1cc(/C=N/N)n[nH]1. The fraction of sp³-hybridized carbons (Fsp3) is 0.200. The molecule has 9 heavy (non-hydrogen) atoms. The predicted molar refractivity (Wildman–Crippen MR) is 35.1 cm³/mol. The van der Waals surface area contributed by atoms with Gasteiger partial charge in [0.15, 0.2) is 0 Å². The highest BCUT2D eigenvalue weighted by atomic mass is 15.1. The van der Waals surface area contributed by atoms with Gasteiger partial charge < -0.3 is 5.84 Å². The second-order valence-corrected chi connectivity index (χ2v) is 1.75. The van der Waals surface area contributed by atoms with Crippen molar-refractivity contribution in [3.8, 4) is 0 Å². The first-order valence-electron chi connectivity index (χ1n) is 2.58. The molecule has 0 saturated carbocycles. The molecule has 0 fully saturated rings. The maximum atomic E-state index is 4.89. The molecule has 1 rings (SSSR count). The van der Waals surface area contributed by atoms with Crippen molar-refractivity contribution in [1.82, 2.24) is 10.2 Å². The van der Waals surface area contributed by atoms with E-state index in [9.17, 15) is 0 Å². The maximum absolute atomic E-state index is 4.89. The van der Waals surface area contributed by atoms with E-state index in [2.05, 4.69) is 15.3 Å². The summed E-state index contributed by atoms with van der Waals surface area (Å²) in [4.78, 5) is 0. The van der Waals surface area contributed by atoms with Gasteiger partial charge in [-0.05, 0) is 13.0 Å². The molecule has 0 bridgehead atoms. The number of hydrogen-bond donors (Lipinski definition) is 2. The number of nitrogens with two attached hydrogens (primary N) is 1. The standard InChI is InChI=1S/C5H8N4/c1-4-2-5(3-7-6)9-8-4/h2-3H,6H2,1H3,(H,8,9)/b7-3+. The average Bonchev–Trinajstić information content (AvgIpc) is 2.17. The topological polar surface area (TPSA) is 67.1 Å². The molecule has 0 spiro atoms. The minimum absolute atomic E-state index is 0.759. The van der Waals surface area contributed by atoms with Crippen LogP contribution in [0.5, 0.6) is 0 Å². The number of hydrazone groups is 1. The summed E-state index contributed by atoms with van der Waals surface area (Å²) >= 11 is 0. The molecule has 0 radical (unpaired) electrons. The first-order valence-corrected chi connectivity index (χ1v) is 2.58. The van der Waals surface area contributed by atoms with Crippen molar-refractivity contribution >= 4 is 6.21 Å². The Labute approximate surface area is 52.8 Å². The monoisotopic (exact) mass is 124 g/mol. The van der Waals surface area contributed by atoms with Gasteiger partial charge in [-0.1, -0.05) is 0 Å². The highest BCUT2D eigenvalue weighted by molar-refractivity contribution is 5.76. The highest BCUT2D eigenvalue weighted by Gasteiger charge is 1.89. The summed E-state index contributed by atoms with van der Waals surface area (Å²) in [6.07, 6.45) is 1.49. The molecule has 0 atom stereocenters. The van der Waals surface area contributed by atoms with Crippen LogP contribution in [-0.4, -0.2) is 16.4 Å². The normalized spacial score (nSPS) is 10.8. The van der Waals surface area contributed by atoms with Crippen LogP contribution in [0.1, 0.15) is 11.4 Å². The molecule has 0 aromatic carbocycles. The Balaban J connectivity index is 2.85. The predicted octanol–water partition coefficient (Wildman–Crippen LogP) is 0.0107. The Bertz CT molecular complexity index is 212. The summed E-state index contributed by atoms with van der Waals surface area (Å²) in [6, 6.07) is 1.86. The molecule has 0 saturated heterocycles. The molecule has 0 unspecified atom stereocenters. The lowest BCUT2D eigenvalue weighted by molar-refractivity contribution is 1.04. The van der Waals surface area contributed by atoms with E-state index in [1.807, 2.05) is 13.0 Å². The Kier molecular flexibility index (Phi) is 1.48. The van der Waals surface area contributed by atoms with Crippen LogP contribution in [0.4, 0.5) is 0 Å². The molecule has 1 aromatic rings. The van der Waals surface area contributed by atoms with Crippen molar-refractivity contribution < 1.29 is 0 Å². The van der Waals surface area contributed by atoms with Gasteiger partial charge in [0, 0.05) is 5.69 Å². The van der Waals surface area contributed by atoms with Gasteiger partial charge in [-0.15, -0.1) is 0 Å². The third kappa shape index (κ3) is 1.28. The lowest BCUT2D eigenvalue weighted by Gasteiger charge is -1.73. The van der Waals surface area contributed by atoms with Crippen LogP contribution in [0.15, 0.2) is 11.2 Å². The largest absolute Gasteiger partial charge is 0.323 e. The number of aryl methyl sites for hydroxylation is 1. The minimum atomic E-state index is 0.759. The molecule has 48 valence electrons. The maximum Gasteiger partial charge on any atom is 0.105 e. The molecular formula is C5H8N4. The molecule has 0 aliphatic heterocycles. The van der Waals surface area contributed by atoms with E-state index in [1.165, 1.54) is 6.21 Å². The van der Waals surface area contributed by atoms with Crippen LogP contribution in [0.3, 0.4) is 0 Å². The molecule has 4 nitrogen and oxygen atoms in total. The van der Waals surface area contributed by atoms with E-state index in [-0.39, 0.29) is 0 Å². The Morgan fingerprint density at radius 1 is 1.89 bits per heavy atom. The van der Waals surface area contributed by atoms with Gasteiger partial charge in [0.05, 0.1) is 6.21 Å². The van der Waals surface area contributed by atoms with Gasteiger partial charge in [-0.3, -0.25) is 5.10 Å². The van der Waals surface area contributed by atoms with Gasteiger partial charge in [-0.25, -0.2) is 0 Å². The smallest absolute Gasteiger partial charge is 0.105 e. The van der Waals surface area contributed by atoms with Crippen LogP contribution < -0.4 is 5.84 Å². The van der Waals surface area contributed by atoms with Gasteiger partial charge in [-0.2, -0.15) is 10.2 Å². The number of aromatic nitrogens is 2. The number of nitrogens with zero attached hydrogens (tertiary/aromatic N) is 2. The fourth-order valence-corrected chi connectivity index (χ4v) is 0.582. The van der Waals surface area contributed by atoms with E-state index in [0.717, 1.165) is 11.4 Å². The average molecular weight is 124 g/mol. The van der Waals surface area contributed by atoms with E-state index in [4.69, 9.17) is 5.84 Å². The first kappa shape index (κ1) is 5.81. The number of rotatable bonds is 1. The zero-order valence-electron chi connectivity index (χ0n) is 5.13. The number of nitrogens with one attached hydrogen (secondary N) is 1. The Morgan fingerprint density at radius 2 is 2.67 bits per heavy atom. The first-order chi connectivity index (χ1) is 4.33. The van der Waals surface area contributed by atoms with Crippen molar-refractivity contribution in [2.45, 2.75) is 6.92 Å². The summed E-state index contributed by atoms with van der Waals surface area (Å²) in [5.41, 5.74) is 1.76.